The summed E-state index contributed by atoms with van der Waals surface area (Å²) in [5.41, 5.74) is 0.997. The van der Waals surface area contributed by atoms with Gasteiger partial charge in [-0.15, -0.1) is 0 Å². The van der Waals surface area contributed by atoms with Gasteiger partial charge < -0.3 is 10.6 Å². The molecule has 8 nitrogen and oxygen atoms in total. The molecule has 2 amide bonds. The first kappa shape index (κ1) is 24.9. The van der Waals surface area contributed by atoms with E-state index < -0.39 is 43.4 Å². The van der Waals surface area contributed by atoms with Crippen molar-refractivity contribution >= 4 is 17.5 Å². The number of hydrogen-bond acceptors (Lipinski definition) is 5. The quantitative estimate of drug-likeness (QED) is 0.475. The monoisotopic (exact) mass is 488 g/mol. The molecule has 3 heterocycles. The van der Waals surface area contributed by atoms with Crippen molar-refractivity contribution in [3.63, 3.8) is 0 Å². The first-order valence-electron chi connectivity index (χ1n) is 9.84. The molecule has 2 N–H and O–H groups in total. The standard InChI is InChI=1S/C20H18F6N6O2/c21-19(22,23)3-1-17(33)28-8-12-5-16-31-15(11-32(16)30-9-12)10-29-18(34)13-2-4-27-14(6-13)7-20(24,25)26/h2,4-6,9,11H,1,3,7-8,10H2,(H,28,33)(H,29,34). The van der Waals surface area contributed by atoms with Crippen LogP contribution in [0.5, 0.6) is 0 Å². The number of halogens is 6. The maximum Gasteiger partial charge on any atom is 0.394 e. The molecule has 14 heteroatoms. The second-order valence-electron chi connectivity index (χ2n) is 7.30. The molecule has 0 aliphatic rings. The molecule has 0 aliphatic carbocycles. The number of imidazole rings is 1. The second kappa shape index (κ2) is 10.1. The minimum Gasteiger partial charge on any atom is -0.352 e. The lowest BCUT2D eigenvalue weighted by molar-refractivity contribution is -0.144. The highest BCUT2D eigenvalue weighted by atomic mass is 19.4. The molecule has 0 bridgehead atoms. The van der Waals surface area contributed by atoms with E-state index in [1.165, 1.54) is 23.0 Å². The van der Waals surface area contributed by atoms with Gasteiger partial charge in [-0.25, -0.2) is 9.50 Å². The summed E-state index contributed by atoms with van der Waals surface area (Å²) in [7, 11) is 0. The van der Waals surface area contributed by atoms with Gasteiger partial charge in [0.25, 0.3) is 5.91 Å². The number of pyridine rings is 1. The van der Waals surface area contributed by atoms with Crippen molar-refractivity contribution in [1.82, 2.24) is 30.2 Å². The normalized spacial score (nSPS) is 12.1. The van der Waals surface area contributed by atoms with Crippen molar-refractivity contribution in [3.05, 3.63) is 59.3 Å². The van der Waals surface area contributed by atoms with E-state index in [9.17, 15) is 35.9 Å². The number of nitrogens with zero attached hydrogens (tertiary/aromatic N) is 4. The van der Waals surface area contributed by atoms with E-state index in [1.54, 1.807) is 6.07 Å². The molecule has 0 saturated heterocycles. The Balaban J connectivity index is 1.56. The van der Waals surface area contributed by atoms with Gasteiger partial charge in [-0.05, 0) is 23.8 Å². The largest absolute Gasteiger partial charge is 0.394 e. The molecule has 0 spiro atoms. The Labute approximate surface area is 188 Å². The Kier molecular flexibility index (Phi) is 7.37. The fraction of sp³-hybridized carbons (Fsp3) is 0.350. The van der Waals surface area contributed by atoms with Crippen LogP contribution in [0.1, 0.15) is 40.2 Å². The second-order valence-corrected chi connectivity index (χ2v) is 7.30. The molecule has 3 rings (SSSR count). The first-order chi connectivity index (χ1) is 15.9. The van der Waals surface area contributed by atoms with E-state index >= 15 is 0 Å². The minimum atomic E-state index is -4.45. The molecule has 0 atom stereocenters. The topological polar surface area (TPSA) is 101 Å². The van der Waals surface area contributed by atoms with Crippen molar-refractivity contribution in [2.24, 2.45) is 0 Å². The molecule has 0 unspecified atom stereocenters. The Bertz CT molecular complexity index is 1170. The number of hydrogen-bond donors (Lipinski definition) is 2. The van der Waals surface area contributed by atoms with Gasteiger partial charge in [-0.2, -0.15) is 31.4 Å². The van der Waals surface area contributed by atoms with Crippen LogP contribution in [0.4, 0.5) is 26.3 Å². The average molecular weight is 488 g/mol. The van der Waals surface area contributed by atoms with Crippen molar-refractivity contribution < 1.29 is 35.9 Å². The number of rotatable bonds is 8. The van der Waals surface area contributed by atoms with E-state index in [1.807, 2.05) is 0 Å². The summed E-state index contributed by atoms with van der Waals surface area (Å²) < 4.78 is 75.5. The molecular formula is C20H18F6N6O2. The van der Waals surface area contributed by atoms with Gasteiger partial charge >= 0.3 is 12.4 Å². The van der Waals surface area contributed by atoms with Crippen molar-refractivity contribution in [2.45, 2.75) is 44.7 Å². The molecule has 0 aliphatic heterocycles. The fourth-order valence-corrected chi connectivity index (χ4v) is 2.89. The number of carbonyl (C=O) groups is 2. The molecule has 34 heavy (non-hydrogen) atoms. The van der Waals surface area contributed by atoms with E-state index in [0.29, 0.717) is 16.9 Å². The lowest BCUT2D eigenvalue weighted by Crippen LogP contribution is -2.24. The molecular weight excluding hydrogens is 470 g/mol. The lowest BCUT2D eigenvalue weighted by atomic mass is 10.2. The summed E-state index contributed by atoms with van der Waals surface area (Å²) in [6, 6.07) is 3.91. The average Bonchev–Trinajstić information content (AvgIpc) is 3.15. The van der Waals surface area contributed by atoms with E-state index in [2.05, 4.69) is 25.7 Å². The van der Waals surface area contributed by atoms with Gasteiger partial charge in [-0.3, -0.25) is 14.6 Å². The van der Waals surface area contributed by atoms with Crippen LogP contribution in [0.25, 0.3) is 5.65 Å². The zero-order valence-corrected chi connectivity index (χ0v) is 17.4. The molecule has 0 saturated carbocycles. The van der Waals surface area contributed by atoms with Crippen molar-refractivity contribution in [1.29, 1.82) is 0 Å². The molecule has 3 aromatic heterocycles. The number of fused-ring (bicyclic) bond motifs is 1. The summed E-state index contributed by atoms with van der Waals surface area (Å²) in [5.74, 6) is -1.36. The summed E-state index contributed by atoms with van der Waals surface area (Å²) in [6.45, 7) is -0.0793. The SMILES string of the molecule is O=C(CCC(F)(F)F)NCc1cnn2cc(CNC(=O)c3ccnc(CC(F)(F)F)c3)nc2c1. The van der Waals surface area contributed by atoms with Crippen LogP contribution in [0.15, 0.2) is 36.8 Å². The summed E-state index contributed by atoms with van der Waals surface area (Å²) in [6.07, 6.45) is -7.97. The number of carbonyl (C=O) groups excluding carboxylic acids is 2. The van der Waals surface area contributed by atoms with E-state index in [-0.39, 0.29) is 24.3 Å². The Morgan fingerprint density at radius 2 is 1.74 bits per heavy atom. The highest BCUT2D eigenvalue weighted by Gasteiger charge is 2.29. The fourth-order valence-electron chi connectivity index (χ4n) is 2.89. The summed E-state index contributed by atoms with van der Waals surface area (Å²) >= 11 is 0. The highest BCUT2D eigenvalue weighted by Crippen LogP contribution is 2.21. The van der Waals surface area contributed by atoms with Gasteiger partial charge in [0.05, 0.1) is 43.2 Å². The van der Waals surface area contributed by atoms with Gasteiger partial charge in [-0.1, -0.05) is 0 Å². The van der Waals surface area contributed by atoms with Gasteiger partial charge in [0.1, 0.15) is 0 Å². The van der Waals surface area contributed by atoms with Crippen LogP contribution in [0.2, 0.25) is 0 Å². The third-order valence-corrected chi connectivity index (χ3v) is 4.44. The number of nitrogens with one attached hydrogen (secondary N) is 2. The molecule has 0 fully saturated rings. The van der Waals surface area contributed by atoms with Crippen LogP contribution in [0.3, 0.4) is 0 Å². The lowest BCUT2D eigenvalue weighted by Gasteiger charge is -2.07. The van der Waals surface area contributed by atoms with Crippen LogP contribution in [-0.4, -0.2) is 43.7 Å². The van der Waals surface area contributed by atoms with Gasteiger partial charge in [0, 0.05) is 24.7 Å². The number of aromatic nitrogens is 4. The number of amides is 2. The predicted molar refractivity (Wildman–Crippen MR) is 105 cm³/mol. The smallest absolute Gasteiger partial charge is 0.352 e. The maximum absolute atomic E-state index is 12.5. The minimum absolute atomic E-state index is 0.0136. The highest BCUT2D eigenvalue weighted by molar-refractivity contribution is 5.94. The van der Waals surface area contributed by atoms with Crippen LogP contribution < -0.4 is 10.6 Å². The molecule has 0 radical (unpaired) electrons. The van der Waals surface area contributed by atoms with Crippen LogP contribution in [-0.2, 0) is 24.3 Å². The zero-order valence-electron chi connectivity index (χ0n) is 17.4. The maximum atomic E-state index is 12.5. The molecule has 182 valence electrons. The van der Waals surface area contributed by atoms with Crippen LogP contribution in [0, 0.1) is 0 Å². The Hall–Kier alpha value is -3.71. The third-order valence-electron chi connectivity index (χ3n) is 4.44. The summed E-state index contributed by atoms with van der Waals surface area (Å²) in [5, 5.41) is 9.01. The van der Waals surface area contributed by atoms with Gasteiger partial charge in [0.15, 0.2) is 5.65 Å². The third kappa shape index (κ3) is 7.71. The predicted octanol–water partition coefficient (Wildman–Crippen LogP) is 3.12. The van der Waals surface area contributed by atoms with Crippen molar-refractivity contribution in [2.75, 3.05) is 0 Å². The first-order valence-corrected chi connectivity index (χ1v) is 9.84. The Morgan fingerprint density at radius 3 is 2.44 bits per heavy atom. The molecule has 0 aromatic carbocycles. The molecule has 3 aromatic rings. The Morgan fingerprint density at radius 1 is 0.971 bits per heavy atom. The zero-order chi connectivity index (χ0) is 24.9. The van der Waals surface area contributed by atoms with Gasteiger partial charge in [0.2, 0.25) is 5.91 Å². The van der Waals surface area contributed by atoms with E-state index in [4.69, 9.17) is 0 Å². The number of alkyl halides is 6. The van der Waals surface area contributed by atoms with Crippen LogP contribution >= 0.6 is 0 Å². The summed E-state index contributed by atoms with van der Waals surface area (Å²) in [4.78, 5) is 31.7. The van der Waals surface area contributed by atoms with E-state index in [0.717, 1.165) is 12.3 Å². The van der Waals surface area contributed by atoms with Crippen molar-refractivity contribution in [3.8, 4) is 0 Å².